The minimum atomic E-state index is -3.01. The van der Waals surface area contributed by atoms with Crippen molar-refractivity contribution in [1.82, 2.24) is 15.2 Å². The number of rotatable bonds is 4. The van der Waals surface area contributed by atoms with Gasteiger partial charge in [-0.3, -0.25) is 9.69 Å². The monoisotopic (exact) mass is 367 g/mol. The molecule has 2 bridgehead atoms. The first kappa shape index (κ1) is 17.0. The predicted molar refractivity (Wildman–Crippen MR) is 83.1 cm³/mol. The van der Waals surface area contributed by atoms with E-state index in [-0.39, 0.29) is 29.1 Å². The normalized spacial score (nSPS) is 29.8. The number of hydrogen-bond donors (Lipinski definition) is 2. The summed E-state index contributed by atoms with van der Waals surface area (Å²) in [6.07, 6.45) is 0.798. The first-order valence-electron chi connectivity index (χ1n) is 8.18. The molecular formula is C16H17F2N4O4-. The number of likely N-dealkylation sites (tertiary alicyclic amines) is 2. The molecule has 3 heterocycles. The van der Waals surface area contributed by atoms with Crippen molar-refractivity contribution in [2.45, 2.75) is 30.7 Å². The second-order valence-corrected chi connectivity index (χ2v) is 6.81. The average molecular weight is 367 g/mol. The van der Waals surface area contributed by atoms with Gasteiger partial charge in [0.05, 0.1) is 11.7 Å². The maximum absolute atomic E-state index is 13.2. The average Bonchev–Trinajstić information content (AvgIpc) is 3.25. The van der Waals surface area contributed by atoms with Crippen LogP contribution in [0.15, 0.2) is 18.2 Å². The van der Waals surface area contributed by atoms with Gasteiger partial charge in [0, 0.05) is 36.8 Å². The van der Waals surface area contributed by atoms with Gasteiger partial charge in [-0.25, -0.2) is 5.43 Å². The van der Waals surface area contributed by atoms with Crippen LogP contribution in [0.25, 0.3) is 0 Å². The van der Waals surface area contributed by atoms with Crippen molar-refractivity contribution < 1.29 is 28.2 Å². The molecule has 3 aliphatic rings. The van der Waals surface area contributed by atoms with Crippen LogP contribution in [0.3, 0.4) is 0 Å². The predicted octanol–water partition coefficient (Wildman–Crippen LogP) is -0.922. The van der Waals surface area contributed by atoms with Crippen LogP contribution in [0.1, 0.15) is 12.0 Å². The lowest BCUT2D eigenvalue weighted by Crippen LogP contribution is -2.65. The first-order valence-corrected chi connectivity index (χ1v) is 8.18. The molecule has 3 aliphatic heterocycles. The molecule has 2 fully saturated rings. The van der Waals surface area contributed by atoms with Gasteiger partial charge in [-0.15, -0.1) is 0 Å². The molecule has 8 nitrogen and oxygen atoms in total. The summed E-state index contributed by atoms with van der Waals surface area (Å²) < 4.78 is 29.1. The molecule has 0 aliphatic carbocycles. The van der Waals surface area contributed by atoms with E-state index in [9.17, 15) is 23.5 Å². The van der Waals surface area contributed by atoms with E-state index in [0.29, 0.717) is 13.1 Å². The fourth-order valence-corrected chi connectivity index (χ4v) is 4.11. The van der Waals surface area contributed by atoms with E-state index >= 15 is 0 Å². The highest BCUT2D eigenvalue weighted by molar-refractivity contribution is 6.09. The molecule has 2 saturated heterocycles. The fourth-order valence-electron chi connectivity index (χ4n) is 4.11. The highest BCUT2D eigenvalue weighted by atomic mass is 19.3. The van der Waals surface area contributed by atoms with E-state index in [1.807, 2.05) is 7.05 Å². The number of carbonyl (C=O) groups is 2. The molecule has 4 rings (SSSR count). The molecule has 1 aromatic carbocycles. The molecule has 2 N–H and O–H groups in total. The van der Waals surface area contributed by atoms with Crippen LogP contribution in [0.2, 0.25) is 0 Å². The van der Waals surface area contributed by atoms with E-state index < -0.39 is 24.0 Å². The number of piperazine rings is 1. The number of likely N-dealkylation sites (N-methyl/N-ethyl adjacent to an activating group) is 1. The molecule has 1 unspecified atom stereocenters. The van der Waals surface area contributed by atoms with Gasteiger partial charge in [-0.1, -0.05) is 6.07 Å². The number of fused-ring (bicyclic) bond motifs is 3. The molecule has 3 atom stereocenters. The Hall–Kier alpha value is -2.46. The Morgan fingerprint density at radius 1 is 1.35 bits per heavy atom. The van der Waals surface area contributed by atoms with Gasteiger partial charge < -0.3 is 25.0 Å². The third-order valence-electron chi connectivity index (χ3n) is 5.41. The molecule has 0 spiro atoms. The summed E-state index contributed by atoms with van der Waals surface area (Å²) in [7, 11) is 1.97. The third-order valence-corrected chi connectivity index (χ3v) is 5.41. The van der Waals surface area contributed by atoms with E-state index in [4.69, 9.17) is 0 Å². The number of nitrogens with zero attached hydrogens (tertiary/aromatic N) is 2. The number of benzene rings is 1. The number of hydrazine groups is 1. The van der Waals surface area contributed by atoms with Crippen molar-refractivity contribution in [3.05, 3.63) is 23.8 Å². The molecule has 140 valence electrons. The highest BCUT2D eigenvalue weighted by Crippen LogP contribution is 2.40. The smallest absolute Gasteiger partial charge is 0.387 e. The zero-order valence-corrected chi connectivity index (χ0v) is 13.9. The number of anilines is 1. The van der Waals surface area contributed by atoms with Crippen LogP contribution in [-0.2, 0) is 15.1 Å². The second kappa shape index (κ2) is 5.78. The summed E-state index contributed by atoms with van der Waals surface area (Å²) in [6.45, 7) is -1.88. The van der Waals surface area contributed by atoms with Gasteiger partial charge in [0.1, 0.15) is 5.75 Å². The molecule has 1 amide bonds. The standard InChI is InChI=1S/C16H18F2N4O4/c1-21-6-9-4-8(21)7-22(9)13(23)16(14(24)25)11-3-2-10(26-15(17)18)5-12(11)19-20-16/h2-3,5,8-9,15,19-20H,4,6-7H2,1H3,(H,24,25)/p-1/t8-,9-,16?/m0/s1. The minimum Gasteiger partial charge on any atom is -0.547 e. The Bertz CT molecular complexity index is 775. The van der Waals surface area contributed by atoms with Crippen LogP contribution in [0.4, 0.5) is 14.5 Å². The lowest BCUT2D eigenvalue weighted by atomic mass is 9.88. The Kier molecular flexibility index (Phi) is 3.77. The van der Waals surface area contributed by atoms with E-state index in [1.165, 1.54) is 18.2 Å². The largest absolute Gasteiger partial charge is 0.547 e. The maximum atomic E-state index is 13.2. The zero-order valence-electron chi connectivity index (χ0n) is 13.9. The molecule has 10 heteroatoms. The van der Waals surface area contributed by atoms with Gasteiger partial charge in [0.2, 0.25) is 0 Å². The molecule has 1 aromatic rings. The quantitative estimate of drug-likeness (QED) is 0.664. The first-order chi connectivity index (χ1) is 12.3. The molecular weight excluding hydrogens is 350 g/mol. The van der Waals surface area contributed by atoms with Crippen molar-refractivity contribution in [3.8, 4) is 5.75 Å². The van der Waals surface area contributed by atoms with Crippen molar-refractivity contribution in [3.63, 3.8) is 0 Å². The Morgan fingerprint density at radius 3 is 2.69 bits per heavy atom. The summed E-state index contributed by atoms with van der Waals surface area (Å²) in [4.78, 5) is 28.9. The number of halogens is 2. The van der Waals surface area contributed by atoms with Crippen molar-refractivity contribution in [2.24, 2.45) is 0 Å². The van der Waals surface area contributed by atoms with Crippen molar-refractivity contribution >= 4 is 17.6 Å². The van der Waals surface area contributed by atoms with Crippen molar-refractivity contribution in [1.29, 1.82) is 0 Å². The molecule has 0 radical (unpaired) electrons. The summed E-state index contributed by atoms with van der Waals surface area (Å²) in [5.41, 5.74) is 3.28. The Balaban J connectivity index is 1.68. The third kappa shape index (κ3) is 2.32. The van der Waals surface area contributed by atoms with Crippen LogP contribution >= 0.6 is 0 Å². The number of carboxylic acids is 1. The SMILES string of the molecule is CN1C[C@@H]2C[C@H]1CN2C(=O)C1(C(=O)[O-])NNc2cc(OC(F)F)ccc21. The zero-order chi connectivity index (χ0) is 18.6. The number of nitrogens with one attached hydrogen (secondary N) is 2. The van der Waals surface area contributed by atoms with Crippen LogP contribution < -0.4 is 20.7 Å². The van der Waals surface area contributed by atoms with Crippen molar-refractivity contribution in [2.75, 3.05) is 25.6 Å². The lowest BCUT2D eigenvalue weighted by Gasteiger charge is -2.39. The Morgan fingerprint density at radius 2 is 2.12 bits per heavy atom. The van der Waals surface area contributed by atoms with Crippen LogP contribution in [0, 0.1) is 0 Å². The minimum absolute atomic E-state index is 0.0546. The number of aliphatic carboxylic acids is 1. The fraction of sp³-hybridized carbons (Fsp3) is 0.500. The lowest BCUT2D eigenvalue weighted by molar-refractivity contribution is -0.313. The molecule has 0 aromatic heterocycles. The number of amides is 1. The van der Waals surface area contributed by atoms with Crippen LogP contribution in [0.5, 0.6) is 5.75 Å². The number of hydrogen-bond acceptors (Lipinski definition) is 7. The van der Waals surface area contributed by atoms with Gasteiger partial charge in [0.25, 0.3) is 5.91 Å². The maximum Gasteiger partial charge on any atom is 0.387 e. The topological polar surface area (TPSA) is 97.0 Å². The summed E-state index contributed by atoms with van der Waals surface area (Å²) in [5, 5.41) is 12.0. The van der Waals surface area contributed by atoms with E-state index in [1.54, 1.807) is 4.90 Å². The van der Waals surface area contributed by atoms with Gasteiger partial charge in [-0.05, 0) is 19.5 Å². The Labute approximate surface area is 147 Å². The second-order valence-electron chi connectivity index (χ2n) is 6.81. The van der Waals surface area contributed by atoms with Crippen LogP contribution in [-0.4, -0.2) is 60.5 Å². The van der Waals surface area contributed by atoms with Gasteiger partial charge in [-0.2, -0.15) is 8.78 Å². The van der Waals surface area contributed by atoms with E-state index in [2.05, 4.69) is 20.5 Å². The summed E-state index contributed by atoms with van der Waals surface area (Å²) in [5.74, 6) is -2.37. The van der Waals surface area contributed by atoms with E-state index in [0.717, 1.165) is 6.42 Å². The molecule has 26 heavy (non-hydrogen) atoms. The van der Waals surface area contributed by atoms with Gasteiger partial charge in [0.15, 0.2) is 5.54 Å². The van der Waals surface area contributed by atoms with Gasteiger partial charge >= 0.3 is 6.61 Å². The summed E-state index contributed by atoms with van der Waals surface area (Å²) >= 11 is 0. The number of alkyl halides is 2. The number of carboxylic acid groups (broad SMARTS) is 1. The highest BCUT2D eigenvalue weighted by Gasteiger charge is 2.54. The number of ether oxygens (including phenoxy) is 1. The number of carbonyl (C=O) groups excluding carboxylic acids is 2. The summed E-state index contributed by atoms with van der Waals surface area (Å²) in [6, 6.07) is 3.86. The molecule has 0 saturated carbocycles.